The summed E-state index contributed by atoms with van der Waals surface area (Å²) in [7, 11) is 1.27. The standard InChI is InChI=1S/C18H18ClNO4/c1-23-17(21)16(11-14-8-5-9-15(19)10-14)20-18(22)24-12-13-6-3-2-4-7-13/h2-10,16H,11-12H2,1H3,(H,20,22). The van der Waals surface area contributed by atoms with E-state index in [1.807, 2.05) is 36.4 Å². The summed E-state index contributed by atoms with van der Waals surface area (Å²) in [6.07, 6.45) is -0.426. The van der Waals surface area contributed by atoms with Crippen LogP contribution in [0.4, 0.5) is 4.79 Å². The minimum Gasteiger partial charge on any atom is -0.467 e. The van der Waals surface area contributed by atoms with Crippen LogP contribution in [0.1, 0.15) is 11.1 Å². The Labute approximate surface area is 145 Å². The predicted molar refractivity (Wildman–Crippen MR) is 90.7 cm³/mol. The van der Waals surface area contributed by atoms with Crippen LogP contribution in [-0.4, -0.2) is 25.2 Å². The lowest BCUT2D eigenvalue weighted by atomic mass is 10.1. The molecule has 2 rings (SSSR count). The second kappa shape index (κ2) is 8.93. The van der Waals surface area contributed by atoms with Crippen LogP contribution in [0, 0.1) is 0 Å². The van der Waals surface area contributed by atoms with Gasteiger partial charge in [0.25, 0.3) is 0 Å². The zero-order chi connectivity index (χ0) is 17.4. The summed E-state index contributed by atoms with van der Waals surface area (Å²) in [6, 6.07) is 15.5. The molecule has 1 atom stereocenters. The van der Waals surface area contributed by atoms with Gasteiger partial charge in [0.1, 0.15) is 12.6 Å². The van der Waals surface area contributed by atoms with Crippen LogP contribution in [0.25, 0.3) is 0 Å². The van der Waals surface area contributed by atoms with Crippen LogP contribution in [0.2, 0.25) is 5.02 Å². The van der Waals surface area contributed by atoms with Gasteiger partial charge >= 0.3 is 12.1 Å². The highest BCUT2D eigenvalue weighted by molar-refractivity contribution is 6.30. The normalized spacial score (nSPS) is 11.4. The number of carbonyl (C=O) groups is 2. The van der Waals surface area contributed by atoms with Gasteiger partial charge in [-0.3, -0.25) is 0 Å². The van der Waals surface area contributed by atoms with E-state index in [9.17, 15) is 9.59 Å². The van der Waals surface area contributed by atoms with Crippen molar-refractivity contribution in [3.8, 4) is 0 Å². The average Bonchev–Trinajstić information content (AvgIpc) is 2.59. The lowest BCUT2D eigenvalue weighted by molar-refractivity contribution is -0.143. The molecule has 0 saturated carbocycles. The second-order valence-corrected chi connectivity index (χ2v) is 5.55. The number of halogens is 1. The maximum absolute atomic E-state index is 11.9. The van der Waals surface area contributed by atoms with E-state index < -0.39 is 18.1 Å². The highest BCUT2D eigenvalue weighted by Crippen LogP contribution is 2.13. The van der Waals surface area contributed by atoms with E-state index >= 15 is 0 Å². The highest BCUT2D eigenvalue weighted by Gasteiger charge is 2.22. The van der Waals surface area contributed by atoms with E-state index in [2.05, 4.69) is 5.32 Å². The molecule has 5 nitrogen and oxygen atoms in total. The van der Waals surface area contributed by atoms with Gasteiger partial charge in [-0.25, -0.2) is 9.59 Å². The van der Waals surface area contributed by atoms with Gasteiger partial charge in [0, 0.05) is 11.4 Å². The molecule has 0 aliphatic heterocycles. The van der Waals surface area contributed by atoms with Crippen molar-refractivity contribution < 1.29 is 19.1 Å². The first kappa shape index (κ1) is 17.8. The number of hydrogen-bond donors (Lipinski definition) is 1. The second-order valence-electron chi connectivity index (χ2n) is 5.12. The van der Waals surface area contributed by atoms with Gasteiger partial charge in [-0.05, 0) is 23.3 Å². The molecule has 1 amide bonds. The first-order valence-electron chi connectivity index (χ1n) is 7.38. The Morgan fingerprint density at radius 1 is 1.08 bits per heavy atom. The Morgan fingerprint density at radius 2 is 1.79 bits per heavy atom. The molecule has 0 spiro atoms. The maximum atomic E-state index is 11.9. The molecule has 6 heteroatoms. The van der Waals surface area contributed by atoms with Gasteiger partial charge < -0.3 is 14.8 Å². The number of alkyl carbamates (subject to hydrolysis) is 1. The largest absolute Gasteiger partial charge is 0.467 e. The van der Waals surface area contributed by atoms with Crippen molar-refractivity contribution >= 4 is 23.7 Å². The molecule has 24 heavy (non-hydrogen) atoms. The Hall–Kier alpha value is -2.53. The summed E-state index contributed by atoms with van der Waals surface area (Å²) < 4.78 is 9.87. The number of carbonyl (C=O) groups excluding carboxylic acids is 2. The maximum Gasteiger partial charge on any atom is 0.408 e. The number of hydrogen-bond acceptors (Lipinski definition) is 4. The summed E-state index contributed by atoms with van der Waals surface area (Å²) >= 11 is 5.94. The highest BCUT2D eigenvalue weighted by atomic mass is 35.5. The number of methoxy groups -OCH3 is 1. The molecule has 1 unspecified atom stereocenters. The third kappa shape index (κ3) is 5.59. The molecule has 0 saturated heterocycles. The van der Waals surface area contributed by atoms with Crippen molar-refractivity contribution in [1.29, 1.82) is 0 Å². The van der Waals surface area contributed by atoms with Crippen molar-refractivity contribution in [2.24, 2.45) is 0 Å². The lowest BCUT2D eigenvalue weighted by Crippen LogP contribution is -2.43. The number of benzene rings is 2. The topological polar surface area (TPSA) is 64.6 Å². The Kier molecular flexibility index (Phi) is 6.63. The van der Waals surface area contributed by atoms with Gasteiger partial charge in [-0.2, -0.15) is 0 Å². The minimum absolute atomic E-state index is 0.123. The molecule has 0 heterocycles. The van der Waals surface area contributed by atoms with Crippen molar-refractivity contribution in [3.63, 3.8) is 0 Å². The molecule has 2 aromatic rings. The molecule has 126 valence electrons. The lowest BCUT2D eigenvalue weighted by Gasteiger charge is -2.16. The van der Waals surface area contributed by atoms with Crippen LogP contribution in [0.3, 0.4) is 0 Å². The van der Waals surface area contributed by atoms with Gasteiger partial charge in [0.05, 0.1) is 7.11 Å². The van der Waals surface area contributed by atoms with E-state index in [0.29, 0.717) is 5.02 Å². The smallest absolute Gasteiger partial charge is 0.408 e. The summed E-state index contributed by atoms with van der Waals surface area (Å²) in [4.78, 5) is 23.8. The SMILES string of the molecule is COC(=O)C(Cc1cccc(Cl)c1)NC(=O)OCc1ccccc1. The zero-order valence-electron chi connectivity index (χ0n) is 13.2. The fourth-order valence-corrected chi connectivity index (χ4v) is 2.36. The Morgan fingerprint density at radius 3 is 2.46 bits per heavy atom. The quantitative estimate of drug-likeness (QED) is 0.814. The summed E-state index contributed by atoms with van der Waals surface area (Å²) in [6.45, 7) is 0.123. The van der Waals surface area contributed by atoms with Crippen LogP contribution in [0.5, 0.6) is 0 Å². The fraction of sp³-hybridized carbons (Fsp3) is 0.222. The molecule has 1 N–H and O–H groups in total. The molecule has 0 aliphatic rings. The first-order valence-corrected chi connectivity index (χ1v) is 7.76. The average molecular weight is 348 g/mol. The molecular formula is C18H18ClNO4. The van der Waals surface area contributed by atoms with Crippen LogP contribution >= 0.6 is 11.6 Å². The molecule has 0 bridgehead atoms. The van der Waals surface area contributed by atoms with Crippen LogP contribution < -0.4 is 5.32 Å². The van der Waals surface area contributed by atoms with E-state index in [4.69, 9.17) is 21.1 Å². The number of esters is 1. The number of amides is 1. The van der Waals surface area contributed by atoms with Crippen molar-refractivity contribution in [2.75, 3.05) is 7.11 Å². The van der Waals surface area contributed by atoms with E-state index in [0.717, 1.165) is 11.1 Å². The molecule has 0 radical (unpaired) electrons. The predicted octanol–water partition coefficient (Wildman–Crippen LogP) is 3.35. The summed E-state index contributed by atoms with van der Waals surface area (Å²) in [5.41, 5.74) is 1.67. The van der Waals surface area contributed by atoms with Crippen molar-refractivity contribution in [3.05, 3.63) is 70.7 Å². The minimum atomic E-state index is -0.850. The van der Waals surface area contributed by atoms with Gasteiger partial charge in [0.2, 0.25) is 0 Å². The number of nitrogens with one attached hydrogen (secondary N) is 1. The van der Waals surface area contributed by atoms with Crippen molar-refractivity contribution in [1.82, 2.24) is 5.32 Å². The van der Waals surface area contributed by atoms with E-state index in [1.54, 1.807) is 18.2 Å². The monoisotopic (exact) mass is 347 g/mol. The molecule has 0 fully saturated rings. The molecule has 0 aromatic heterocycles. The van der Waals surface area contributed by atoms with Crippen LogP contribution in [0.15, 0.2) is 54.6 Å². The fourth-order valence-electron chi connectivity index (χ4n) is 2.14. The Balaban J connectivity index is 1.95. The van der Waals surface area contributed by atoms with E-state index in [-0.39, 0.29) is 13.0 Å². The van der Waals surface area contributed by atoms with E-state index in [1.165, 1.54) is 7.11 Å². The zero-order valence-corrected chi connectivity index (χ0v) is 14.0. The molecule has 2 aromatic carbocycles. The summed E-state index contributed by atoms with van der Waals surface area (Å²) in [5.74, 6) is -0.549. The Bertz CT molecular complexity index is 690. The first-order chi connectivity index (χ1) is 11.6. The van der Waals surface area contributed by atoms with Crippen LogP contribution in [-0.2, 0) is 27.3 Å². The van der Waals surface area contributed by atoms with Gasteiger partial charge in [-0.15, -0.1) is 0 Å². The van der Waals surface area contributed by atoms with Crippen molar-refractivity contribution in [2.45, 2.75) is 19.1 Å². The molecular weight excluding hydrogens is 330 g/mol. The van der Waals surface area contributed by atoms with Gasteiger partial charge in [0.15, 0.2) is 0 Å². The third-order valence-electron chi connectivity index (χ3n) is 3.32. The number of ether oxygens (including phenoxy) is 2. The summed E-state index contributed by atoms with van der Waals surface area (Å²) in [5, 5.41) is 3.09. The van der Waals surface area contributed by atoms with Gasteiger partial charge in [-0.1, -0.05) is 54.1 Å². The number of rotatable bonds is 6. The third-order valence-corrected chi connectivity index (χ3v) is 3.55. The molecule has 0 aliphatic carbocycles.